The minimum atomic E-state index is -0.499. The zero-order valence-corrected chi connectivity index (χ0v) is 22.3. The number of halogens is 5. The second kappa shape index (κ2) is 10.6. The molecule has 0 amide bonds. The van der Waals surface area contributed by atoms with Crippen LogP contribution in [0.3, 0.4) is 0 Å². The third kappa shape index (κ3) is 4.84. The monoisotopic (exact) mass is 564 g/mol. The molecule has 36 heavy (non-hydrogen) atoms. The van der Waals surface area contributed by atoms with Crippen molar-refractivity contribution >= 4 is 46.6 Å². The predicted molar refractivity (Wildman–Crippen MR) is 142 cm³/mol. The fourth-order valence-corrected chi connectivity index (χ4v) is 6.35. The fraction of sp³-hybridized carbons (Fsp3) is 0.222. The second-order valence-electron chi connectivity index (χ2n) is 8.49. The molecule has 0 bridgehead atoms. The molecule has 1 aliphatic carbocycles. The molecule has 5 rings (SSSR count). The first kappa shape index (κ1) is 25.4. The van der Waals surface area contributed by atoms with Gasteiger partial charge in [0.15, 0.2) is 5.16 Å². The van der Waals surface area contributed by atoms with Crippen LogP contribution >= 0.6 is 46.6 Å². The molecular formula is C27H21Cl3F2N2OS. The Labute approximate surface area is 227 Å². The molecule has 3 aromatic carbocycles. The summed E-state index contributed by atoms with van der Waals surface area (Å²) in [6.45, 7) is 0. The first-order chi connectivity index (χ1) is 17.4. The highest BCUT2D eigenvalue weighted by molar-refractivity contribution is 7.98. The Morgan fingerprint density at radius 3 is 2.58 bits per heavy atom. The summed E-state index contributed by atoms with van der Waals surface area (Å²) >= 11 is 20.1. The standard InChI is InChI=1S/C27H21Cl3F2N2OS/c1-35-25-12-15(8-10-20(25)29)17-4-2-7-24-26(17)34(16-9-11-23(32)21(30)13-16)27(33-24)36-14-18-19(28)5-3-6-22(18)31/h3,5-6,8-13,17H,2,4,7,14H2,1H3. The van der Waals surface area contributed by atoms with E-state index in [-0.39, 0.29) is 22.5 Å². The third-order valence-corrected chi connectivity index (χ3v) is 8.26. The maximum Gasteiger partial charge on any atom is 0.173 e. The molecule has 0 aliphatic heterocycles. The van der Waals surface area contributed by atoms with Gasteiger partial charge in [0.25, 0.3) is 0 Å². The van der Waals surface area contributed by atoms with E-state index in [0.29, 0.717) is 32.2 Å². The number of thioether (sulfide) groups is 1. The number of aryl methyl sites for hydroxylation is 1. The number of ether oxygens (including phenoxy) is 1. The predicted octanol–water partition coefficient (Wildman–Crippen LogP) is 8.88. The number of rotatable bonds is 6. The summed E-state index contributed by atoms with van der Waals surface area (Å²) in [5, 5.41) is 1.58. The smallest absolute Gasteiger partial charge is 0.173 e. The largest absolute Gasteiger partial charge is 0.495 e. The van der Waals surface area contributed by atoms with Gasteiger partial charge in [0, 0.05) is 27.9 Å². The molecular weight excluding hydrogens is 545 g/mol. The second-order valence-corrected chi connectivity index (χ2v) is 10.7. The van der Waals surface area contributed by atoms with E-state index in [4.69, 9.17) is 44.5 Å². The maximum atomic E-state index is 14.5. The van der Waals surface area contributed by atoms with Gasteiger partial charge in [-0.2, -0.15) is 0 Å². The first-order valence-corrected chi connectivity index (χ1v) is 13.5. The van der Waals surface area contributed by atoms with Crippen LogP contribution < -0.4 is 4.74 Å². The molecule has 1 atom stereocenters. The quantitative estimate of drug-likeness (QED) is 0.218. The molecule has 1 heterocycles. The molecule has 3 nitrogen and oxygen atoms in total. The Morgan fingerprint density at radius 2 is 1.83 bits per heavy atom. The summed E-state index contributed by atoms with van der Waals surface area (Å²) in [5.41, 5.74) is 4.08. The van der Waals surface area contributed by atoms with Crippen LogP contribution in [-0.4, -0.2) is 16.7 Å². The lowest BCUT2D eigenvalue weighted by Crippen LogP contribution is -2.15. The van der Waals surface area contributed by atoms with Gasteiger partial charge in [-0.3, -0.25) is 4.57 Å². The lowest BCUT2D eigenvalue weighted by Gasteiger charge is -2.26. The van der Waals surface area contributed by atoms with Crippen molar-refractivity contribution in [3.8, 4) is 11.4 Å². The van der Waals surface area contributed by atoms with Crippen LogP contribution in [0.2, 0.25) is 15.1 Å². The van der Waals surface area contributed by atoms with Crippen LogP contribution in [0.15, 0.2) is 59.8 Å². The molecule has 0 saturated heterocycles. The fourth-order valence-electron chi connectivity index (χ4n) is 4.60. The Balaban J connectivity index is 1.64. The van der Waals surface area contributed by atoms with Crippen LogP contribution in [-0.2, 0) is 12.2 Å². The van der Waals surface area contributed by atoms with Gasteiger partial charge >= 0.3 is 0 Å². The van der Waals surface area contributed by atoms with Crippen molar-refractivity contribution in [2.45, 2.75) is 36.1 Å². The number of imidazole rings is 1. The van der Waals surface area contributed by atoms with E-state index in [0.717, 1.165) is 36.2 Å². The molecule has 0 spiro atoms. The van der Waals surface area contributed by atoms with Crippen molar-refractivity contribution in [1.29, 1.82) is 0 Å². The van der Waals surface area contributed by atoms with Crippen molar-refractivity contribution < 1.29 is 13.5 Å². The number of fused-ring (bicyclic) bond motifs is 1. The average molecular weight is 566 g/mol. The van der Waals surface area contributed by atoms with E-state index < -0.39 is 5.82 Å². The lowest BCUT2D eigenvalue weighted by molar-refractivity contribution is 0.414. The number of hydrogen-bond acceptors (Lipinski definition) is 3. The highest BCUT2D eigenvalue weighted by atomic mass is 35.5. The Bertz CT molecular complexity index is 1420. The van der Waals surface area contributed by atoms with Gasteiger partial charge in [0.2, 0.25) is 0 Å². The number of nitrogens with zero attached hydrogens (tertiary/aromatic N) is 2. The van der Waals surface area contributed by atoms with Gasteiger partial charge in [-0.05, 0) is 67.3 Å². The van der Waals surface area contributed by atoms with E-state index in [1.54, 1.807) is 31.4 Å². The normalized spacial score (nSPS) is 15.1. The minimum Gasteiger partial charge on any atom is -0.495 e. The summed E-state index contributed by atoms with van der Waals surface area (Å²) in [6.07, 6.45) is 2.64. The van der Waals surface area contributed by atoms with E-state index in [1.807, 2.05) is 22.8 Å². The highest BCUT2D eigenvalue weighted by Crippen LogP contribution is 2.43. The van der Waals surface area contributed by atoms with Gasteiger partial charge in [-0.15, -0.1) is 0 Å². The number of aromatic nitrogens is 2. The van der Waals surface area contributed by atoms with E-state index in [1.165, 1.54) is 23.9 Å². The molecule has 1 aliphatic rings. The zero-order valence-electron chi connectivity index (χ0n) is 19.2. The minimum absolute atomic E-state index is 0.00245. The summed E-state index contributed by atoms with van der Waals surface area (Å²) < 4.78 is 36.0. The molecule has 4 aromatic rings. The van der Waals surface area contributed by atoms with Gasteiger partial charge in [0.05, 0.1) is 28.5 Å². The van der Waals surface area contributed by atoms with E-state index >= 15 is 0 Å². The molecule has 0 saturated carbocycles. The van der Waals surface area contributed by atoms with E-state index in [9.17, 15) is 8.78 Å². The Morgan fingerprint density at radius 1 is 1.00 bits per heavy atom. The van der Waals surface area contributed by atoms with Crippen molar-refractivity contribution in [3.63, 3.8) is 0 Å². The third-order valence-electron chi connectivity index (χ3n) is 6.34. The van der Waals surface area contributed by atoms with Gasteiger partial charge in [0.1, 0.15) is 17.4 Å². The van der Waals surface area contributed by atoms with E-state index in [2.05, 4.69) is 0 Å². The van der Waals surface area contributed by atoms with Crippen LogP contribution in [0.4, 0.5) is 8.78 Å². The molecule has 186 valence electrons. The first-order valence-electron chi connectivity index (χ1n) is 11.3. The molecule has 0 fully saturated rings. The van der Waals surface area contributed by atoms with Crippen LogP contribution in [0, 0.1) is 11.6 Å². The highest BCUT2D eigenvalue weighted by Gasteiger charge is 2.31. The Hall–Kier alpha value is -2.25. The molecule has 1 unspecified atom stereocenters. The van der Waals surface area contributed by atoms with Crippen LogP contribution in [0.25, 0.3) is 5.69 Å². The van der Waals surface area contributed by atoms with Crippen molar-refractivity contribution in [2.75, 3.05) is 7.11 Å². The van der Waals surface area contributed by atoms with Crippen molar-refractivity contribution in [3.05, 3.63) is 104 Å². The summed E-state index contributed by atoms with van der Waals surface area (Å²) in [5.74, 6) is 0.0219. The zero-order chi connectivity index (χ0) is 25.4. The van der Waals surface area contributed by atoms with Crippen molar-refractivity contribution in [1.82, 2.24) is 9.55 Å². The van der Waals surface area contributed by atoms with Crippen LogP contribution in [0.5, 0.6) is 5.75 Å². The lowest BCUT2D eigenvalue weighted by atomic mass is 9.84. The summed E-state index contributed by atoms with van der Waals surface area (Å²) in [4.78, 5) is 4.96. The summed E-state index contributed by atoms with van der Waals surface area (Å²) in [6, 6.07) is 15.0. The van der Waals surface area contributed by atoms with Gasteiger partial charge in [-0.1, -0.05) is 58.7 Å². The molecule has 0 radical (unpaired) electrons. The molecule has 9 heteroatoms. The number of benzene rings is 3. The average Bonchev–Trinajstić information content (AvgIpc) is 3.24. The van der Waals surface area contributed by atoms with Gasteiger partial charge < -0.3 is 4.74 Å². The topological polar surface area (TPSA) is 27.1 Å². The van der Waals surface area contributed by atoms with Crippen molar-refractivity contribution in [2.24, 2.45) is 0 Å². The number of hydrogen-bond donors (Lipinski definition) is 0. The molecule has 1 aromatic heterocycles. The number of methoxy groups -OCH3 is 1. The maximum absolute atomic E-state index is 14.5. The molecule has 0 N–H and O–H groups in total. The van der Waals surface area contributed by atoms with Gasteiger partial charge in [-0.25, -0.2) is 13.8 Å². The summed E-state index contributed by atoms with van der Waals surface area (Å²) in [7, 11) is 1.59. The SMILES string of the molecule is COc1cc(C2CCCc3nc(SCc4c(F)cccc4Cl)n(-c4ccc(F)c(Cl)c4)c32)ccc1Cl. The Kier molecular flexibility index (Phi) is 7.49. The van der Waals surface area contributed by atoms with Crippen LogP contribution in [0.1, 0.15) is 41.3 Å².